The predicted molar refractivity (Wildman–Crippen MR) is 160 cm³/mol. The van der Waals surface area contributed by atoms with Gasteiger partial charge in [0.05, 0.1) is 17.0 Å². The van der Waals surface area contributed by atoms with Crippen molar-refractivity contribution in [1.29, 1.82) is 0 Å². The molecule has 0 aromatic heterocycles. The fraction of sp³-hybridized carbons (Fsp3) is 0.206. The lowest BCUT2D eigenvalue weighted by Crippen LogP contribution is -2.43. The fourth-order valence-corrected chi connectivity index (χ4v) is 5.34. The number of hydrogen-bond acceptors (Lipinski definition) is 4. The number of aryl methyl sites for hydroxylation is 1. The zero-order valence-electron chi connectivity index (χ0n) is 23.7. The van der Waals surface area contributed by atoms with Gasteiger partial charge in [0, 0.05) is 24.2 Å². The smallest absolute Gasteiger partial charge is 0.417 e. The summed E-state index contributed by atoms with van der Waals surface area (Å²) >= 11 is 0. The van der Waals surface area contributed by atoms with Crippen LogP contribution in [0.4, 0.5) is 23.2 Å². The maximum Gasteiger partial charge on any atom is 0.417 e. The number of anilines is 1. The topological polar surface area (TPSA) is 93.8 Å². The molecule has 0 bridgehead atoms. The van der Waals surface area contributed by atoms with Crippen molar-refractivity contribution in [2.45, 2.75) is 38.0 Å². The standard InChI is InChI=1S/C34H29F4N3O3/c1-21(40-19-17-22-6-13-26(35)14-7-22)41-27-15-12-24-16-18-33(32(39)43,30(24)20-27)44-31(42)25-10-8-23(9-11-25)28-4-2-3-5-29(28)34(36,37)38/h2-15,20H,16-19H2,1H3,(H2,39,43)(H,40,41). The van der Waals surface area contributed by atoms with Crippen molar-refractivity contribution in [3.8, 4) is 11.1 Å². The summed E-state index contributed by atoms with van der Waals surface area (Å²) in [4.78, 5) is 30.6. The van der Waals surface area contributed by atoms with Crippen LogP contribution in [0.3, 0.4) is 0 Å². The molecule has 44 heavy (non-hydrogen) atoms. The predicted octanol–water partition coefficient (Wildman–Crippen LogP) is 7.07. The van der Waals surface area contributed by atoms with Crippen LogP contribution in [0.25, 0.3) is 11.1 Å². The first-order valence-electron chi connectivity index (χ1n) is 13.9. The molecule has 1 atom stereocenters. The van der Waals surface area contributed by atoms with Crippen LogP contribution >= 0.6 is 0 Å². The molecule has 1 unspecified atom stereocenters. The first kappa shape index (κ1) is 30.5. The number of aliphatic imine (C=N–C) groups is 1. The maximum absolute atomic E-state index is 13.5. The van der Waals surface area contributed by atoms with Crippen LogP contribution in [-0.4, -0.2) is 24.3 Å². The van der Waals surface area contributed by atoms with Crippen molar-refractivity contribution in [3.05, 3.63) is 125 Å². The van der Waals surface area contributed by atoms with E-state index in [1.807, 2.05) is 12.1 Å². The van der Waals surface area contributed by atoms with E-state index in [-0.39, 0.29) is 28.9 Å². The molecule has 0 fully saturated rings. The van der Waals surface area contributed by atoms with Gasteiger partial charge in [0.25, 0.3) is 5.91 Å². The van der Waals surface area contributed by atoms with Crippen molar-refractivity contribution in [3.63, 3.8) is 0 Å². The first-order valence-corrected chi connectivity index (χ1v) is 13.9. The number of carbonyl (C=O) groups excluding carboxylic acids is 2. The number of amidine groups is 1. The molecular formula is C34H29F4N3O3. The minimum atomic E-state index is -4.54. The first-order chi connectivity index (χ1) is 21.0. The summed E-state index contributed by atoms with van der Waals surface area (Å²) in [6.45, 7) is 2.26. The Hall–Kier alpha value is -4.99. The zero-order valence-corrected chi connectivity index (χ0v) is 23.7. The third-order valence-electron chi connectivity index (χ3n) is 7.61. The van der Waals surface area contributed by atoms with E-state index >= 15 is 0 Å². The molecule has 0 spiro atoms. The van der Waals surface area contributed by atoms with E-state index in [1.165, 1.54) is 54.6 Å². The van der Waals surface area contributed by atoms with Gasteiger partial charge in [-0.1, -0.05) is 48.5 Å². The Morgan fingerprint density at radius 2 is 1.68 bits per heavy atom. The molecule has 0 saturated heterocycles. The molecule has 0 saturated carbocycles. The number of primary amides is 1. The summed E-state index contributed by atoms with van der Waals surface area (Å²) in [7, 11) is 0. The van der Waals surface area contributed by atoms with Gasteiger partial charge in [0.15, 0.2) is 0 Å². The molecular weight excluding hydrogens is 574 g/mol. The van der Waals surface area contributed by atoms with Crippen LogP contribution in [0.2, 0.25) is 0 Å². The summed E-state index contributed by atoms with van der Waals surface area (Å²) in [5.74, 6) is -1.35. The Kier molecular flexibility index (Phi) is 8.53. The van der Waals surface area contributed by atoms with E-state index in [4.69, 9.17) is 10.5 Å². The van der Waals surface area contributed by atoms with Crippen molar-refractivity contribution in [1.82, 2.24) is 0 Å². The Morgan fingerprint density at radius 3 is 2.36 bits per heavy atom. The highest BCUT2D eigenvalue weighted by Crippen LogP contribution is 2.42. The van der Waals surface area contributed by atoms with Crippen LogP contribution < -0.4 is 11.1 Å². The summed E-state index contributed by atoms with van der Waals surface area (Å²) in [6, 6.07) is 22.3. The number of alkyl halides is 3. The van der Waals surface area contributed by atoms with Crippen LogP contribution in [0.5, 0.6) is 0 Å². The highest BCUT2D eigenvalue weighted by atomic mass is 19.4. The number of ether oxygens (including phenoxy) is 1. The van der Waals surface area contributed by atoms with Gasteiger partial charge in [-0.3, -0.25) is 9.79 Å². The van der Waals surface area contributed by atoms with E-state index in [1.54, 1.807) is 25.1 Å². The molecule has 10 heteroatoms. The zero-order chi connectivity index (χ0) is 31.5. The van der Waals surface area contributed by atoms with E-state index in [0.717, 1.165) is 17.2 Å². The number of carbonyl (C=O) groups is 2. The number of esters is 1. The number of halogens is 4. The summed E-state index contributed by atoms with van der Waals surface area (Å²) in [6.07, 6.45) is -3.32. The SMILES string of the molecule is CC(=NCCc1ccc(F)cc1)Nc1ccc2c(c1)C(OC(=O)c1ccc(-c3ccccc3C(F)(F)F)cc1)(C(N)=O)CC2. The average molecular weight is 604 g/mol. The number of nitrogens with two attached hydrogens (primary N) is 1. The van der Waals surface area contributed by atoms with Crippen molar-refractivity contribution in [2.75, 3.05) is 11.9 Å². The molecule has 6 nitrogen and oxygen atoms in total. The second kappa shape index (κ2) is 12.3. The molecule has 0 aliphatic heterocycles. The van der Waals surface area contributed by atoms with Gasteiger partial charge in [0.2, 0.25) is 5.60 Å². The molecule has 1 amide bonds. The van der Waals surface area contributed by atoms with Gasteiger partial charge in [-0.15, -0.1) is 0 Å². The van der Waals surface area contributed by atoms with Gasteiger partial charge in [0.1, 0.15) is 5.82 Å². The van der Waals surface area contributed by atoms with Crippen LogP contribution in [0.1, 0.15) is 46.0 Å². The summed E-state index contributed by atoms with van der Waals surface area (Å²) < 4.78 is 59.4. The molecule has 5 rings (SSSR count). The quantitative estimate of drug-likeness (QED) is 0.0976. The molecule has 3 N–H and O–H groups in total. The number of amides is 1. The van der Waals surface area contributed by atoms with Crippen molar-refractivity contribution < 1.29 is 31.9 Å². The summed E-state index contributed by atoms with van der Waals surface area (Å²) in [5, 5.41) is 3.18. The fourth-order valence-electron chi connectivity index (χ4n) is 5.34. The molecule has 4 aromatic carbocycles. The highest BCUT2D eigenvalue weighted by molar-refractivity contribution is 5.96. The second-order valence-electron chi connectivity index (χ2n) is 10.5. The number of nitrogens with zero attached hydrogens (tertiary/aromatic N) is 1. The van der Waals surface area contributed by atoms with Crippen LogP contribution in [0, 0.1) is 5.82 Å². The lowest BCUT2D eigenvalue weighted by atomic mass is 9.94. The van der Waals surface area contributed by atoms with Gasteiger partial charge in [-0.05, 0) is 84.5 Å². The second-order valence-corrected chi connectivity index (χ2v) is 10.5. The molecule has 4 aromatic rings. The number of fused-ring (bicyclic) bond motifs is 1. The molecule has 1 aliphatic rings. The minimum absolute atomic E-state index is 0.0208. The highest BCUT2D eigenvalue weighted by Gasteiger charge is 2.48. The van der Waals surface area contributed by atoms with Gasteiger partial charge < -0.3 is 15.8 Å². The average Bonchev–Trinajstić information content (AvgIpc) is 3.36. The molecule has 226 valence electrons. The van der Waals surface area contributed by atoms with Gasteiger partial charge >= 0.3 is 12.1 Å². The number of hydrogen-bond donors (Lipinski definition) is 2. The Morgan fingerprint density at radius 1 is 0.977 bits per heavy atom. The van der Waals surface area contributed by atoms with E-state index in [9.17, 15) is 27.2 Å². The number of nitrogens with one attached hydrogen (secondary N) is 1. The normalized spacial score (nSPS) is 16.3. The number of benzene rings is 4. The minimum Gasteiger partial charge on any atom is -0.440 e. The van der Waals surface area contributed by atoms with Crippen LogP contribution in [0.15, 0.2) is 96.0 Å². The Balaban J connectivity index is 1.32. The molecule has 0 radical (unpaired) electrons. The summed E-state index contributed by atoms with van der Waals surface area (Å²) in [5.41, 5.74) is 6.45. The lowest BCUT2D eigenvalue weighted by Gasteiger charge is -2.27. The maximum atomic E-state index is 13.5. The van der Waals surface area contributed by atoms with Gasteiger partial charge in [-0.2, -0.15) is 13.2 Å². The van der Waals surface area contributed by atoms with Crippen molar-refractivity contribution in [2.24, 2.45) is 10.7 Å². The van der Waals surface area contributed by atoms with E-state index in [0.29, 0.717) is 36.5 Å². The van der Waals surface area contributed by atoms with Crippen molar-refractivity contribution >= 4 is 23.4 Å². The molecule has 0 heterocycles. The molecule has 1 aliphatic carbocycles. The third kappa shape index (κ3) is 6.49. The largest absolute Gasteiger partial charge is 0.440 e. The van der Waals surface area contributed by atoms with E-state index < -0.39 is 29.2 Å². The Labute approximate surface area is 251 Å². The monoisotopic (exact) mass is 603 g/mol. The third-order valence-corrected chi connectivity index (χ3v) is 7.61. The number of rotatable bonds is 8. The lowest BCUT2D eigenvalue weighted by molar-refractivity contribution is -0.138. The van der Waals surface area contributed by atoms with E-state index in [2.05, 4.69) is 10.3 Å². The Bertz CT molecular complexity index is 1720. The van der Waals surface area contributed by atoms with Gasteiger partial charge in [-0.25, -0.2) is 9.18 Å². The van der Waals surface area contributed by atoms with Crippen LogP contribution in [-0.2, 0) is 34.2 Å².